The van der Waals surface area contributed by atoms with Crippen LogP contribution in [0.2, 0.25) is 0 Å². The SMILES string of the molecule is COc1cc(OC)c(CNC(=O)c2cnn(-c3ccc(F)cc3)c2-n2cccc2)c(OC)c1. The highest BCUT2D eigenvalue weighted by Gasteiger charge is 2.21. The molecule has 2 aromatic carbocycles. The van der Waals surface area contributed by atoms with Gasteiger partial charge in [-0.15, -0.1) is 0 Å². The van der Waals surface area contributed by atoms with Crippen LogP contribution in [-0.4, -0.2) is 41.6 Å². The molecule has 8 nitrogen and oxygen atoms in total. The van der Waals surface area contributed by atoms with Gasteiger partial charge in [0, 0.05) is 24.5 Å². The lowest BCUT2D eigenvalue weighted by molar-refractivity contribution is 0.0950. The minimum absolute atomic E-state index is 0.155. The van der Waals surface area contributed by atoms with Crippen molar-refractivity contribution in [2.45, 2.75) is 6.54 Å². The molecule has 0 aliphatic rings. The fourth-order valence-electron chi connectivity index (χ4n) is 3.51. The third-order valence-electron chi connectivity index (χ3n) is 5.15. The van der Waals surface area contributed by atoms with Crippen molar-refractivity contribution in [1.82, 2.24) is 19.7 Å². The van der Waals surface area contributed by atoms with Crippen molar-refractivity contribution in [2.75, 3.05) is 21.3 Å². The topological polar surface area (TPSA) is 79.5 Å². The molecule has 4 aromatic rings. The number of nitrogens with one attached hydrogen (secondary N) is 1. The highest BCUT2D eigenvalue weighted by molar-refractivity contribution is 5.97. The molecular weight excluding hydrogens is 427 g/mol. The Kier molecular flexibility index (Phi) is 6.30. The molecule has 4 rings (SSSR count). The number of methoxy groups -OCH3 is 3. The zero-order valence-corrected chi connectivity index (χ0v) is 18.4. The molecule has 1 N–H and O–H groups in total. The number of aromatic nitrogens is 3. The maximum atomic E-state index is 13.4. The molecule has 170 valence electrons. The summed E-state index contributed by atoms with van der Waals surface area (Å²) < 4.78 is 33.0. The summed E-state index contributed by atoms with van der Waals surface area (Å²) in [4.78, 5) is 13.2. The summed E-state index contributed by atoms with van der Waals surface area (Å²) in [5, 5.41) is 7.30. The molecule has 9 heteroatoms. The predicted molar refractivity (Wildman–Crippen MR) is 120 cm³/mol. The summed E-state index contributed by atoms with van der Waals surface area (Å²) in [6.45, 7) is 0.155. The van der Waals surface area contributed by atoms with E-state index in [-0.39, 0.29) is 18.3 Å². The van der Waals surface area contributed by atoms with Gasteiger partial charge in [-0.1, -0.05) is 0 Å². The number of carbonyl (C=O) groups excluding carboxylic acids is 1. The Morgan fingerprint density at radius 3 is 2.21 bits per heavy atom. The monoisotopic (exact) mass is 450 g/mol. The van der Waals surface area contributed by atoms with E-state index in [1.165, 1.54) is 32.5 Å². The van der Waals surface area contributed by atoms with Crippen molar-refractivity contribution in [2.24, 2.45) is 0 Å². The van der Waals surface area contributed by atoms with Gasteiger partial charge in [-0.3, -0.25) is 4.79 Å². The smallest absolute Gasteiger partial charge is 0.256 e. The second-order valence-corrected chi connectivity index (χ2v) is 7.05. The van der Waals surface area contributed by atoms with Gasteiger partial charge in [0.05, 0.1) is 45.3 Å². The second-order valence-electron chi connectivity index (χ2n) is 7.05. The third kappa shape index (κ3) is 4.38. The summed E-state index contributed by atoms with van der Waals surface area (Å²) in [7, 11) is 4.63. The molecule has 0 saturated heterocycles. The molecular formula is C24H23FN4O4. The Hall–Kier alpha value is -4.27. The average molecular weight is 450 g/mol. The Balaban J connectivity index is 1.67. The largest absolute Gasteiger partial charge is 0.496 e. The Morgan fingerprint density at radius 1 is 1.00 bits per heavy atom. The van der Waals surface area contributed by atoms with Gasteiger partial charge >= 0.3 is 0 Å². The minimum atomic E-state index is -0.353. The lowest BCUT2D eigenvalue weighted by atomic mass is 10.1. The van der Waals surface area contributed by atoms with Crippen molar-refractivity contribution < 1.29 is 23.4 Å². The molecule has 0 aliphatic heterocycles. The van der Waals surface area contributed by atoms with E-state index < -0.39 is 0 Å². The van der Waals surface area contributed by atoms with E-state index in [9.17, 15) is 9.18 Å². The molecule has 0 radical (unpaired) electrons. The van der Waals surface area contributed by atoms with Crippen LogP contribution in [-0.2, 0) is 6.54 Å². The van der Waals surface area contributed by atoms with Crippen LogP contribution in [0.5, 0.6) is 17.2 Å². The number of amides is 1. The Morgan fingerprint density at radius 2 is 1.64 bits per heavy atom. The summed E-state index contributed by atoms with van der Waals surface area (Å²) in [5.74, 6) is 1.46. The van der Waals surface area contributed by atoms with Crippen LogP contribution in [0, 0.1) is 5.82 Å². The molecule has 2 heterocycles. The first-order valence-electron chi connectivity index (χ1n) is 10.1. The molecule has 0 bridgehead atoms. The van der Waals surface area contributed by atoms with E-state index in [4.69, 9.17) is 14.2 Å². The highest BCUT2D eigenvalue weighted by Crippen LogP contribution is 2.34. The van der Waals surface area contributed by atoms with Crippen molar-refractivity contribution in [3.63, 3.8) is 0 Å². The van der Waals surface area contributed by atoms with E-state index in [0.717, 1.165) is 0 Å². The molecule has 0 atom stereocenters. The van der Waals surface area contributed by atoms with E-state index in [1.807, 2.05) is 24.5 Å². The first-order valence-corrected chi connectivity index (χ1v) is 10.1. The lowest BCUT2D eigenvalue weighted by Crippen LogP contribution is -2.24. The normalized spacial score (nSPS) is 10.7. The molecule has 0 fully saturated rings. The number of carbonyl (C=O) groups is 1. The molecule has 2 aromatic heterocycles. The van der Waals surface area contributed by atoms with Crippen molar-refractivity contribution in [3.05, 3.63) is 84.1 Å². The van der Waals surface area contributed by atoms with Crippen molar-refractivity contribution >= 4 is 5.91 Å². The Labute approximate surface area is 190 Å². The maximum absolute atomic E-state index is 13.4. The molecule has 0 aliphatic carbocycles. The quantitative estimate of drug-likeness (QED) is 0.442. The van der Waals surface area contributed by atoms with Crippen LogP contribution in [0.4, 0.5) is 4.39 Å². The van der Waals surface area contributed by atoms with Gasteiger partial charge in [-0.05, 0) is 36.4 Å². The molecule has 0 saturated carbocycles. The highest BCUT2D eigenvalue weighted by atomic mass is 19.1. The fourth-order valence-corrected chi connectivity index (χ4v) is 3.51. The minimum Gasteiger partial charge on any atom is -0.496 e. The van der Waals surface area contributed by atoms with Crippen LogP contribution in [0.1, 0.15) is 15.9 Å². The third-order valence-corrected chi connectivity index (χ3v) is 5.15. The summed E-state index contributed by atoms with van der Waals surface area (Å²) in [6, 6.07) is 13.0. The van der Waals surface area contributed by atoms with E-state index in [0.29, 0.717) is 39.9 Å². The van der Waals surface area contributed by atoms with E-state index >= 15 is 0 Å². The van der Waals surface area contributed by atoms with Gasteiger partial charge in [0.25, 0.3) is 5.91 Å². The first kappa shape index (κ1) is 21.9. The van der Waals surface area contributed by atoms with Crippen LogP contribution < -0.4 is 19.5 Å². The van der Waals surface area contributed by atoms with Gasteiger partial charge in [0.1, 0.15) is 28.6 Å². The van der Waals surface area contributed by atoms with Crippen LogP contribution in [0.3, 0.4) is 0 Å². The second kappa shape index (κ2) is 9.47. The van der Waals surface area contributed by atoms with Crippen molar-refractivity contribution in [1.29, 1.82) is 0 Å². The number of nitrogens with zero attached hydrogens (tertiary/aromatic N) is 3. The first-order chi connectivity index (χ1) is 16.0. The molecule has 33 heavy (non-hydrogen) atoms. The van der Waals surface area contributed by atoms with Crippen LogP contribution >= 0.6 is 0 Å². The van der Waals surface area contributed by atoms with Crippen LogP contribution in [0.15, 0.2) is 67.1 Å². The number of hydrogen-bond donors (Lipinski definition) is 1. The van der Waals surface area contributed by atoms with Crippen molar-refractivity contribution in [3.8, 4) is 28.8 Å². The molecule has 0 unspecified atom stereocenters. The summed E-state index contributed by atoms with van der Waals surface area (Å²) in [5.41, 5.74) is 1.64. The van der Waals surface area contributed by atoms with Gasteiger partial charge in [0.2, 0.25) is 0 Å². The lowest BCUT2D eigenvalue weighted by Gasteiger charge is -2.16. The summed E-state index contributed by atoms with van der Waals surface area (Å²) in [6.07, 6.45) is 5.10. The maximum Gasteiger partial charge on any atom is 0.256 e. The number of benzene rings is 2. The molecule has 1 amide bonds. The van der Waals surface area contributed by atoms with Gasteiger partial charge in [-0.2, -0.15) is 5.10 Å². The number of ether oxygens (including phenoxy) is 3. The standard InChI is InChI=1S/C24H23FN4O4/c1-31-18-12-21(32-2)19(22(13-18)33-3)14-26-23(30)20-15-27-29(17-8-6-16(25)7-9-17)24(20)28-10-4-5-11-28/h4-13,15H,14H2,1-3H3,(H,26,30). The number of rotatable bonds is 8. The summed E-state index contributed by atoms with van der Waals surface area (Å²) >= 11 is 0. The zero-order valence-electron chi connectivity index (χ0n) is 18.4. The fraction of sp³-hybridized carbons (Fsp3) is 0.167. The van der Waals surface area contributed by atoms with Gasteiger partial charge in [-0.25, -0.2) is 9.07 Å². The van der Waals surface area contributed by atoms with E-state index in [1.54, 1.807) is 40.6 Å². The van der Waals surface area contributed by atoms with Gasteiger partial charge in [0.15, 0.2) is 5.82 Å². The zero-order chi connectivity index (χ0) is 23.4. The number of halogens is 1. The average Bonchev–Trinajstić information content (AvgIpc) is 3.52. The Bertz CT molecular complexity index is 1230. The van der Waals surface area contributed by atoms with Gasteiger partial charge < -0.3 is 24.1 Å². The number of hydrogen-bond acceptors (Lipinski definition) is 5. The predicted octanol–water partition coefficient (Wildman–Crippen LogP) is 3.76. The molecule has 0 spiro atoms. The van der Waals surface area contributed by atoms with Crippen LogP contribution in [0.25, 0.3) is 11.5 Å². The van der Waals surface area contributed by atoms with E-state index in [2.05, 4.69) is 10.4 Å².